The van der Waals surface area contributed by atoms with E-state index >= 15 is 0 Å². The van der Waals surface area contributed by atoms with E-state index in [0.717, 1.165) is 0 Å². The van der Waals surface area contributed by atoms with Gasteiger partial charge < -0.3 is 10.1 Å². The van der Waals surface area contributed by atoms with Crippen molar-refractivity contribution in [3.63, 3.8) is 0 Å². The topological polar surface area (TPSA) is 52.0 Å². The zero-order chi connectivity index (χ0) is 14.5. The molecule has 0 aliphatic heterocycles. The van der Waals surface area contributed by atoms with Crippen molar-refractivity contribution in [2.45, 2.75) is 25.3 Å². The molecule has 1 heterocycles. The normalized spacial score (nSPS) is 14.1. The van der Waals surface area contributed by atoms with E-state index in [0.29, 0.717) is 12.2 Å². The van der Waals surface area contributed by atoms with Crippen LogP contribution in [0.1, 0.15) is 18.7 Å². The van der Waals surface area contributed by atoms with Gasteiger partial charge in [-0.05, 0) is 6.54 Å². The van der Waals surface area contributed by atoms with E-state index in [2.05, 4.69) is 15.6 Å². The molecule has 0 aromatic carbocycles. The van der Waals surface area contributed by atoms with Crippen molar-refractivity contribution >= 4 is 0 Å². The highest BCUT2D eigenvalue weighted by molar-refractivity contribution is 5.01. The molecule has 0 saturated carbocycles. The van der Waals surface area contributed by atoms with Crippen LogP contribution in [-0.2, 0) is 11.8 Å². The number of halogens is 4. The number of nitrogens with zero attached hydrogens (tertiary/aromatic N) is 3. The van der Waals surface area contributed by atoms with Crippen molar-refractivity contribution < 1.29 is 22.3 Å². The van der Waals surface area contributed by atoms with Crippen molar-refractivity contribution in [3.05, 3.63) is 11.9 Å². The molecule has 0 radical (unpaired) electrons. The van der Waals surface area contributed by atoms with E-state index in [4.69, 9.17) is 4.74 Å². The lowest BCUT2D eigenvalue weighted by Gasteiger charge is -2.20. The Hall–Kier alpha value is -1.22. The lowest BCUT2D eigenvalue weighted by atomic mass is 10.2. The first kappa shape index (κ1) is 15.8. The van der Waals surface area contributed by atoms with Crippen LogP contribution in [-0.4, -0.2) is 47.1 Å². The average molecular weight is 284 g/mol. The Morgan fingerprint density at radius 2 is 2.16 bits per heavy atom. The van der Waals surface area contributed by atoms with Gasteiger partial charge >= 0.3 is 12.3 Å². The molecule has 1 atom stereocenters. The summed E-state index contributed by atoms with van der Waals surface area (Å²) >= 11 is 0. The van der Waals surface area contributed by atoms with Crippen molar-refractivity contribution in [1.29, 1.82) is 0 Å². The van der Waals surface area contributed by atoms with E-state index in [9.17, 15) is 17.6 Å². The minimum atomic E-state index is -4.14. The monoisotopic (exact) mass is 284 g/mol. The van der Waals surface area contributed by atoms with Gasteiger partial charge in [0.2, 0.25) is 0 Å². The van der Waals surface area contributed by atoms with E-state index < -0.39 is 25.0 Å². The van der Waals surface area contributed by atoms with Crippen LogP contribution in [0.25, 0.3) is 0 Å². The number of alkyl halides is 4. The second-order valence-corrected chi connectivity index (χ2v) is 3.97. The Labute approximate surface area is 107 Å². The smallest absolute Gasteiger partial charge is 0.330 e. The molecular formula is C10H16F4N4O. The molecule has 110 valence electrons. The van der Waals surface area contributed by atoms with Gasteiger partial charge in [0.25, 0.3) is 0 Å². The largest absolute Gasteiger partial charge is 0.373 e. The number of rotatable bonds is 8. The Morgan fingerprint density at radius 3 is 2.63 bits per heavy atom. The molecule has 0 bridgehead atoms. The van der Waals surface area contributed by atoms with E-state index in [-0.39, 0.29) is 6.61 Å². The van der Waals surface area contributed by atoms with Crippen molar-refractivity contribution in [3.8, 4) is 0 Å². The summed E-state index contributed by atoms with van der Waals surface area (Å²) in [4.78, 5) is 0. The van der Waals surface area contributed by atoms with Gasteiger partial charge in [-0.3, -0.25) is 4.68 Å². The molecule has 19 heavy (non-hydrogen) atoms. The fourth-order valence-electron chi connectivity index (χ4n) is 1.48. The number of ether oxygens (including phenoxy) is 1. The second kappa shape index (κ2) is 6.80. The molecule has 0 spiro atoms. The number of aromatic nitrogens is 3. The predicted octanol–water partition coefficient (Wildman–Crippen LogP) is 1.38. The van der Waals surface area contributed by atoms with Gasteiger partial charge in [-0.15, -0.1) is 5.10 Å². The van der Waals surface area contributed by atoms with Crippen LogP contribution in [0.4, 0.5) is 17.6 Å². The highest BCUT2D eigenvalue weighted by Crippen LogP contribution is 2.23. The number of likely N-dealkylation sites (N-methyl/N-ethyl adjacent to an activating group) is 1. The SMILES string of the molecule is CCNC(COCC(F)(F)C(F)F)c1cnnn1C. The van der Waals surface area contributed by atoms with Crippen LogP contribution in [0.3, 0.4) is 0 Å². The quantitative estimate of drug-likeness (QED) is 0.733. The Kier molecular flexibility index (Phi) is 5.67. The van der Waals surface area contributed by atoms with Gasteiger partial charge in [-0.2, -0.15) is 8.78 Å². The zero-order valence-electron chi connectivity index (χ0n) is 10.6. The number of aryl methyl sites for hydroxylation is 1. The molecule has 0 fully saturated rings. The summed E-state index contributed by atoms with van der Waals surface area (Å²) in [5.74, 6) is -4.14. The van der Waals surface area contributed by atoms with Gasteiger partial charge in [-0.25, -0.2) is 8.78 Å². The van der Waals surface area contributed by atoms with Gasteiger partial charge in [0.15, 0.2) is 0 Å². The van der Waals surface area contributed by atoms with Crippen LogP contribution in [0.2, 0.25) is 0 Å². The number of hydrogen-bond acceptors (Lipinski definition) is 4. The number of hydrogen-bond donors (Lipinski definition) is 1. The molecule has 1 aromatic rings. The maximum absolute atomic E-state index is 12.7. The van der Waals surface area contributed by atoms with E-state index in [1.807, 2.05) is 6.92 Å². The minimum absolute atomic E-state index is 0.169. The first-order valence-electron chi connectivity index (χ1n) is 5.70. The molecule has 1 unspecified atom stereocenters. The highest BCUT2D eigenvalue weighted by atomic mass is 19.3. The third kappa shape index (κ3) is 4.43. The summed E-state index contributed by atoms with van der Waals surface area (Å²) in [6.07, 6.45) is -2.27. The van der Waals surface area contributed by atoms with Gasteiger partial charge in [0.1, 0.15) is 6.61 Å². The van der Waals surface area contributed by atoms with Gasteiger partial charge in [-0.1, -0.05) is 12.1 Å². The Morgan fingerprint density at radius 1 is 1.47 bits per heavy atom. The molecule has 5 nitrogen and oxygen atoms in total. The third-order valence-electron chi connectivity index (χ3n) is 2.46. The lowest BCUT2D eigenvalue weighted by molar-refractivity contribution is -0.167. The molecular weight excluding hydrogens is 268 g/mol. The van der Waals surface area contributed by atoms with Crippen molar-refractivity contribution in [2.75, 3.05) is 19.8 Å². The molecule has 0 saturated heterocycles. The van der Waals surface area contributed by atoms with Gasteiger partial charge in [0, 0.05) is 7.05 Å². The molecule has 0 aliphatic rings. The first-order valence-corrected chi connectivity index (χ1v) is 5.70. The second-order valence-electron chi connectivity index (χ2n) is 3.97. The van der Waals surface area contributed by atoms with Crippen molar-refractivity contribution in [2.24, 2.45) is 7.05 Å². The van der Waals surface area contributed by atoms with Crippen molar-refractivity contribution in [1.82, 2.24) is 20.3 Å². The summed E-state index contributed by atoms with van der Waals surface area (Å²) in [7, 11) is 1.64. The highest BCUT2D eigenvalue weighted by Gasteiger charge is 2.41. The maximum atomic E-state index is 12.7. The predicted molar refractivity (Wildman–Crippen MR) is 59.2 cm³/mol. The fourth-order valence-corrected chi connectivity index (χ4v) is 1.48. The minimum Gasteiger partial charge on any atom is -0.373 e. The summed E-state index contributed by atoms with van der Waals surface area (Å²) in [6.45, 7) is 0.893. The first-order chi connectivity index (χ1) is 8.88. The van der Waals surface area contributed by atoms with Gasteiger partial charge in [0.05, 0.1) is 24.5 Å². The Bertz CT molecular complexity index is 385. The molecule has 9 heteroatoms. The zero-order valence-corrected chi connectivity index (χ0v) is 10.6. The van der Waals surface area contributed by atoms with Crippen LogP contribution < -0.4 is 5.32 Å². The lowest BCUT2D eigenvalue weighted by Crippen LogP contribution is -2.35. The van der Waals surface area contributed by atoms with Crippen LogP contribution >= 0.6 is 0 Å². The van der Waals surface area contributed by atoms with Crippen LogP contribution in [0.15, 0.2) is 6.20 Å². The fraction of sp³-hybridized carbons (Fsp3) is 0.800. The molecule has 0 amide bonds. The molecule has 1 rings (SSSR count). The summed E-state index contributed by atoms with van der Waals surface area (Å²) < 4.78 is 55.4. The Balaban J connectivity index is 2.54. The maximum Gasteiger partial charge on any atom is 0.330 e. The standard InChI is InChI=1S/C10H16F4N4O/c1-3-15-7(8-4-16-17-18(8)2)5-19-6-10(13,14)9(11)12/h4,7,9,15H,3,5-6H2,1-2H3. The average Bonchev–Trinajstić information content (AvgIpc) is 2.74. The number of nitrogens with one attached hydrogen (secondary N) is 1. The molecule has 1 N–H and O–H groups in total. The summed E-state index contributed by atoms with van der Waals surface area (Å²) in [5.41, 5.74) is 0.627. The molecule has 0 aliphatic carbocycles. The summed E-state index contributed by atoms with van der Waals surface area (Å²) in [6, 6.07) is -0.432. The van der Waals surface area contributed by atoms with Crippen LogP contribution in [0, 0.1) is 0 Å². The summed E-state index contributed by atoms with van der Waals surface area (Å²) in [5, 5.41) is 10.4. The van der Waals surface area contributed by atoms with Crippen LogP contribution in [0.5, 0.6) is 0 Å². The molecule has 1 aromatic heterocycles. The van der Waals surface area contributed by atoms with E-state index in [1.165, 1.54) is 10.9 Å². The van der Waals surface area contributed by atoms with E-state index in [1.54, 1.807) is 7.05 Å². The third-order valence-corrected chi connectivity index (χ3v) is 2.46.